The average molecular weight is 1440 g/mol. The summed E-state index contributed by atoms with van der Waals surface area (Å²) < 4.78 is 77.9. The Balaban J connectivity index is 0.844. The SMILES string of the molecule is CC(=O)OC[C@@H]1O[C@@H](O[C@H]2[C@H](O)[C@@H](O[C@H]3[C@@H](OC(=O)[C@@]45CCC(C)(C)C[C@H]4C4=CC[C@H]6[C@@]7(C)CC[C@@H](O[C@@H]8O[C@H](C(=O)O)[C@@H](O)[C@H](O)[C@H]8O[C@H]8O[C@H](CO)[C@@H](O)[C@H](O)[C@H]8O)[C@@](C)(C=O)[C@@H]7CC[C@@]6(C)[C@]4(C)CC5)O[C@@H](C)[C@@H](O)[C@@H]3O)O[C@H](C)[C@@H]2O[C@H]2OC[C@H](O)[C@H](O)[C@@H]2O)[C@H](O)[C@@H](O)[C@H]1O. The fraction of sp³-hybridized carbons (Fsp3) is 0.910. The van der Waals surface area contributed by atoms with Crippen LogP contribution in [0.2, 0.25) is 0 Å². The number of hydrogen-bond acceptors (Lipinski definition) is 32. The minimum Gasteiger partial charge on any atom is -0.479 e. The van der Waals surface area contributed by atoms with Gasteiger partial charge in [0.05, 0.1) is 42.4 Å². The number of fused-ring (bicyclic) bond motifs is 7. The molecule has 0 bridgehead atoms. The lowest BCUT2D eigenvalue weighted by Gasteiger charge is -2.71. The molecule has 0 aromatic rings. The Morgan fingerprint density at radius 1 is 0.550 bits per heavy atom. The van der Waals surface area contributed by atoms with Crippen LogP contribution in [0.1, 0.15) is 127 Å². The molecule has 38 atom stereocenters. The highest BCUT2D eigenvalue weighted by molar-refractivity contribution is 5.79. The molecule has 33 heteroatoms. The molecule has 0 aromatic heterocycles. The van der Waals surface area contributed by atoms with Crippen molar-refractivity contribution in [2.75, 3.05) is 19.8 Å². The Morgan fingerprint density at radius 2 is 1.12 bits per heavy atom. The highest BCUT2D eigenvalue weighted by Crippen LogP contribution is 2.76. The number of aliphatic hydroxyl groups is 15. The quantitative estimate of drug-likeness (QED) is 0.0287. The van der Waals surface area contributed by atoms with Gasteiger partial charge in [0.1, 0.15) is 129 Å². The summed E-state index contributed by atoms with van der Waals surface area (Å²) in [5, 5.41) is 175. The van der Waals surface area contributed by atoms with Crippen molar-refractivity contribution in [3.05, 3.63) is 11.6 Å². The molecule has 16 N–H and O–H groups in total. The van der Waals surface area contributed by atoms with Gasteiger partial charge >= 0.3 is 17.9 Å². The van der Waals surface area contributed by atoms with Crippen LogP contribution in [0.15, 0.2) is 11.6 Å². The van der Waals surface area contributed by atoms with Crippen LogP contribution in [-0.4, -0.2) is 310 Å². The number of allylic oxidation sites excluding steroid dienone is 2. The lowest BCUT2D eigenvalue weighted by atomic mass is 9.33. The lowest BCUT2D eigenvalue weighted by molar-refractivity contribution is -0.394. The zero-order valence-electron chi connectivity index (χ0n) is 57.5. The maximum Gasteiger partial charge on any atom is 0.335 e. The van der Waals surface area contributed by atoms with Gasteiger partial charge in [0.2, 0.25) is 6.29 Å². The zero-order valence-corrected chi connectivity index (χ0v) is 57.5. The fourth-order valence-corrected chi connectivity index (χ4v) is 19.1. The molecule has 0 spiro atoms. The normalized spacial score (nSPS) is 53.2. The Kier molecular flexibility index (Phi) is 22.7. The van der Waals surface area contributed by atoms with E-state index in [1.807, 2.05) is 0 Å². The molecule has 100 heavy (non-hydrogen) atoms. The summed E-state index contributed by atoms with van der Waals surface area (Å²) in [5.74, 6) is -3.96. The summed E-state index contributed by atoms with van der Waals surface area (Å²) in [4.78, 5) is 54.0. The van der Waals surface area contributed by atoms with Gasteiger partial charge in [-0.2, -0.15) is 0 Å². The fourth-order valence-electron chi connectivity index (χ4n) is 19.1. The molecule has 11 aliphatic rings. The van der Waals surface area contributed by atoms with Gasteiger partial charge in [0.25, 0.3) is 0 Å². The van der Waals surface area contributed by atoms with Gasteiger partial charge in [0, 0.05) is 6.92 Å². The Bertz CT molecular complexity index is 2940. The number of esters is 2. The zero-order chi connectivity index (χ0) is 73.2. The lowest BCUT2D eigenvalue weighted by Crippen LogP contribution is -2.68. The maximum atomic E-state index is 15.8. The number of carbonyl (C=O) groups excluding carboxylic acids is 3. The number of aliphatic hydroxyl groups excluding tert-OH is 15. The largest absolute Gasteiger partial charge is 0.479 e. The van der Waals surface area contributed by atoms with Crippen LogP contribution in [0.25, 0.3) is 0 Å². The second kappa shape index (κ2) is 29.2. The average Bonchev–Trinajstić information content (AvgIpc) is 0.675. The number of carboxylic acid groups (broad SMARTS) is 1. The predicted molar refractivity (Wildman–Crippen MR) is 330 cm³/mol. The highest BCUT2D eigenvalue weighted by atomic mass is 16.8. The molecule has 570 valence electrons. The van der Waals surface area contributed by atoms with E-state index in [4.69, 9.17) is 61.6 Å². The summed E-state index contributed by atoms with van der Waals surface area (Å²) in [6.45, 7) is 14.7. The van der Waals surface area contributed by atoms with E-state index in [1.165, 1.54) is 13.8 Å². The topological polar surface area (TPSA) is 512 Å². The first-order valence-corrected chi connectivity index (χ1v) is 34.9. The van der Waals surface area contributed by atoms with Gasteiger partial charge in [-0.25, -0.2) is 4.79 Å². The Hall–Kier alpha value is -3.22. The molecule has 0 amide bonds. The Morgan fingerprint density at radius 3 is 1.75 bits per heavy atom. The van der Waals surface area contributed by atoms with Crippen molar-refractivity contribution in [3.63, 3.8) is 0 Å². The van der Waals surface area contributed by atoms with Crippen LogP contribution in [0.5, 0.6) is 0 Å². The van der Waals surface area contributed by atoms with Gasteiger partial charge in [0.15, 0.2) is 43.7 Å². The van der Waals surface area contributed by atoms with Gasteiger partial charge in [-0.05, 0) is 117 Å². The van der Waals surface area contributed by atoms with E-state index in [0.29, 0.717) is 57.8 Å². The third kappa shape index (κ3) is 13.5. The summed E-state index contributed by atoms with van der Waals surface area (Å²) >= 11 is 0. The van der Waals surface area contributed by atoms with Gasteiger partial charge in [-0.3, -0.25) is 9.59 Å². The first-order chi connectivity index (χ1) is 46.8. The van der Waals surface area contributed by atoms with Gasteiger partial charge < -0.3 is 148 Å². The molecule has 10 fully saturated rings. The first kappa shape index (κ1) is 77.9. The molecule has 11 rings (SSSR count). The molecule has 0 radical (unpaired) electrons. The molecule has 0 aromatic carbocycles. The van der Waals surface area contributed by atoms with E-state index < -0.39 is 255 Å². The van der Waals surface area contributed by atoms with Crippen LogP contribution >= 0.6 is 0 Å². The molecule has 0 unspecified atom stereocenters. The van der Waals surface area contributed by atoms with Crippen LogP contribution in [-0.2, 0) is 80.8 Å². The minimum absolute atomic E-state index is 0.0710. The Labute approximate surface area is 577 Å². The van der Waals surface area contributed by atoms with E-state index >= 15 is 4.79 Å². The van der Waals surface area contributed by atoms with Crippen molar-refractivity contribution in [1.29, 1.82) is 0 Å². The van der Waals surface area contributed by atoms with Gasteiger partial charge in [-0.15, -0.1) is 0 Å². The molecular formula is C67H104O33. The monoisotopic (exact) mass is 1440 g/mol. The third-order valence-electron chi connectivity index (χ3n) is 25.4. The second-order valence-corrected chi connectivity index (χ2v) is 31.7. The minimum atomic E-state index is -2.11. The maximum absolute atomic E-state index is 15.8. The van der Waals surface area contributed by atoms with E-state index in [-0.39, 0.29) is 23.7 Å². The van der Waals surface area contributed by atoms with E-state index in [9.17, 15) is 96.1 Å². The summed E-state index contributed by atoms with van der Waals surface area (Å²) in [6.07, 6.45) is -45.3. The van der Waals surface area contributed by atoms with Crippen LogP contribution in [0.3, 0.4) is 0 Å². The van der Waals surface area contributed by atoms with Crippen molar-refractivity contribution >= 4 is 24.2 Å². The van der Waals surface area contributed by atoms with E-state index in [2.05, 4.69) is 40.7 Å². The molecule has 5 aliphatic carbocycles. The van der Waals surface area contributed by atoms with Crippen molar-refractivity contribution in [3.8, 4) is 0 Å². The summed E-state index contributed by atoms with van der Waals surface area (Å²) in [5.41, 5.74) is -3.29. The third-order valence-corrected chi connectivity index (χ3v) is 25.4. The van der Waals surface area contributed by atoms with Crippen LogP contribution < -0.4 is 0 Å². The predicted octanol–water partition coefficient (Wildman–Crippen LogP) is -3.85. The smallest absolute Gasteiger partial charge is 0.335 e. The van der Waals surface area contributed by atoms with Crippen LogP contribution in [0.4, 0.5) is 0 Å². The number of hydrogen-bond donors (Lipinski definition) is 16. The summed E-state index contributed by atoms with van der Waals surface area (Å²) in [7, 11) is 0. The number of carboxylic acids is 1. The van der Waals surface area contributed by atoms with Crippen molar-refractivity contribution in [2.45, 2.75) is 311 Å². The first-order valence-electron chi connectivity index (χ1n) is 34.9. The highest BCUT2D eigenvalue weighted by Gasteiger charge is 2.71. The number of aliphatic carboxylic acids is 1. The second-order valence-electron chi connectivity index (χ2n) is 31.7. The molecule has 6 heterocycles. The molecule has 6 saturated heterocycles. The van der Waals surface area contributed by atoms with E-state index in [1.54, 1.807) is 6.92 Å². The molecular weight excluding hydrogens is 1330 g/mol. The molecule has 4 saturated carbocycles. The molecule has 33 nitrogen and oxygen atoms in total. The van der Waals surface area contributed by atoms with Crippen molar-refractivity contribution in [1.82, 2.24) is 0 Å². The molecule has 6 aliphatic heterocycles. The van der Waals surface area contributed by atoms with Crippen molar-refractivity contribution in [2.24, 2.45) is 50.2 Å². The standard InChI is InChI=1S/C67H104O33/c1-25-36(72)42(78)52(99-58-48(84)50(49(26(2)91-58)95-55-45(81)37(73)30(71)22-89-55)96-57-47(83)41(77)39(75)32(93-57)23-88-27(3)70)59(90-25)100-61(87)67-18-16-62(4,5)20-29(67)28-10-11-34-63(6)14-13-35(64(7,24-69)33(63)12-15-66(34,9)65(28,8)17-19-67)94-60-53(44(80)43(79)51(97-60)54(85)86)98-56-46(82)40(76)38(74)31(21-68)92-56/h10,24-26,29-53,55-60,68,71-84H,11-23H2,1-9H3,(H,85,86)/t25-,26+,29-,30-,31+,32-,33+,34-,35+,36+,37-,38+,39-,40-,41-,42-,43-,44-,45-,46+,47+,48-,49-,50-,51-,52+,53+,55+,56+,57-,58+,59+,60+,63-,64-,65+,66+,67+/m0/s1. The number of carbonyl (C=O) groups is 4. The van der Waals surface area contributed by atoms with E-state index in [0.717, 1.165) is 18.8 Å². The van der Waals surface area contributed by atoms with Crippen LogP contribution in [0, 0.1) is 50.2 Å². The van der Waals surface area contributed by atoms with Gasteiger partial charge in [-0.1, -0.05) is 53.2 Å². The number of aldehydes is 1. The van der Waals surface area contributed by atoms with Crippen molar-refractivity contribution < 1.29 is 162 Å². The number of ether oxygens (including phenoxy) is 13. The summed E-state index contributed by atoms with van der Waals surface area (Å²) in [6, 6.07) is 0. The number of rotatable bonds is 17.